The molecule has 0 aromatic heterocycles. The zero-order chi connectivity index (χ0) is 11.9. The SMILES string of the molecule is CCN(CC1CCCCCN1)c1ccccc1. The highest BCUT2D eigenvalue weighted by Crippen LogP contribution is 2.16. The van der Waals surface area contributed by atoms with E-state index in [4.69, 9.17) is 0 Å². The van der Waals surface area contributed by atoms with Crippen LogP contribution in [0.3, 0.4) is 0 Å². The number of para-hydroxylation sites is 1. The van der Waals surface area contributed by atoms with Crippen LogP contribution in [0.2, 0.25) is 0 Å². The molecule has 94 valence electrons. The molecule has 1 heterocycles. The van der Waals surface area contributed by atoms with Gasteiger partial charge in [-0.2, -0.15) is 0 Å². The van der Waals surface area contributed by atoms with Crippen molar-refractivity contribution in [2.75, 3.05) is 24.5 Å². The van der Waals surface area contributed by atoms with E-state index in [1.807, 2.05) is 0 Å². The van der Waals surface area contributed by atoms with Crippen LogP contribution in [0.1, 0.15) is 32.6 Å². The smallest absolute Gasteiger partial charge is 0.0366 e. The van der Waals surface area contributed by atoms with E-state index in [9.17, 15) is 0 Å². The first-order chi connectivity index (χ1) is 8.40. The Labute approximate surface area is 105 Å². The number of benzene rings is 1. The molecule has 0 amide bonds. The average molecular weight is 232 g/mol. The minimum atomic E-state index is 0.664. The lowest BCUT2D eigenvalue weighted by molar-refractivity contribution is 0.503. The van der Waals surface area contributed by atoms with Crippen molar-refractivity contribution < 1.29 is 0 Å². The van der Waals surface area contributed by atoms with Crippen LogP contribution < -0.4 is 10.2 Å². The van der Waals surface area contributed by atoms with Crippen LogP contribution in [0.5, 0.6) is 0 Å². The Morgan fingerprint density at radius 2 is 2.00 bits per heavy atom. The zero-order valence-corrected chi connectivity index (χ0v) is 10.9. The van der Waals surface area contributed by atoms with Crippen molar-refractivity contribution in [1.82, 2.24) is 5.32 Å². The van der Waals surface area contributed by atoms with Crippen molar-refractivity contribution in [3.63, 3.8) is 0 Å². The van der Waals surface area contributed by atoms with Gasteiger partial charge in [0, 0.05) is 24.8 Å². The molecule has 1 aliphatic rings. The summed E-state index contributed by atoms with van der Waals surface area (Å²) < 4.78 is 0. The maximum Gasteiger partial charge on any atom is 0.0366 e. The van der Waals surface area contributed by atoms with Crippen molar-refractivity contribution in [3.8, 4) is 0 Å². The van der Waals surface area contributed by atoms with Gasteiger partial charge in [-0.25, -0.2) is 0 Å². The number of hydrogen-bond donors (Lipinski definition) is 1. The number of hydrogen-bond acceptors (Lipinski definition) is 2. The standard InChI is InChI=1S/C15H24N2/c1-2-17(15-10-6-3-7-11-15)13-14-9-5-4-8-12-16-14/h3,6-7,10-11,14,16H,2,4-5,8-9,12-13H2,1H3. The summed E-state index contributed by atoms with van der Waals surface area (Å²) in [7, 11) is 0. The molecule has 0 radical (unpaired) electrons. The molecular weight excluding hydrogens is 208 g/mol. The minimum absolute atomic E-state index is 0.664. The van der Waals surface area contributed by atoms with Crippen LogP contribution in [0.15, 0.2) is 30.3 Å². The van der Waals surface area contributed by atoms with Crippen LogP contribution in [0.4, 0.5) is 5.69 Å². The fourth-order valence-corrected chi connectivity index (χ4v) is 2.58. The molecule has 1 unspecified atom stereocenters. The molecule has 1 aliphatic heterocycles. The van der Waals surface area contributed by atoms with Gasteiger partial charge in [0.1, 0.15) is 0 Å². The Hall–Kier alpha value is -1.02. The molecule has 1 atom stereocenters. The predicted octanol–water partition coefficient (Wildman–Crippen LogP) is 3.05. The molecule has 1 saturated heterocycles. The summed E-state index contributed by atoms with van der Waals surface area (Å²) in [4.78, 5) is 2.48. The lowest BCUT2D eigenvalue weighted by Gasteiger charge is -2.28. The van der Waals surface area contributed by atoms with Crippen molar-refractivity contribution in [2.45, 2.75) is 38.6 Å². The summed E-state index contributed by atoms with van der Waals surface area (Å²) in [5.74, 6) is 0. The summed E-state index contributed by atoms with van der Waals surface area (Å²) in [6.07, 6.45) is 5.43. The van der Waals surface area contributed by atoms with Gasteiger partial charge in [-0.05, 0) is 38.4 Å². The van der Waals surface area contributed by atoms with Crippen LogP contribution in [0.25, 0.3) is 0 Å². The average Bonchev–Trinajstić information content (AvgIpc) is 2.65. The fraction of sp³-hybridized carbons (Fsp3) is 0.600. The molecule has 0 saturated carbocycles. The van der Waals surface area contributed by atoms with Gasteiger partial charge >= 0.3 is 0 Å². The topological polar surface area (TPSA) is 15.3 Å². The van der Waals surface area contributed by atoms with Crippen LogP contribution in [0, 0.1) is 0 Å². The number of anilines is 1. The number of nitrogens with one attached hydrogen (secondary N) is 1. The third-order valence-corrected chi connectivity index (χ3v) is 3.61. The highest BCUT2D eigenvalue weighted by molar-refractivity contribution is 5.45. The van der Waals surface area contributed by atoms with Crippen molar-refractivity contribution in [1.29, 1.82) is 0 Å². The first kappa shape index (κ1) is 12.4. The molecule has 2 rings (SSSR count). The fourth-order valence-electron chi connectivity index (χ4n) is 2.58. The normalized spacial score (nSPS) is 20.9. The summed E-state index contributed by atoms with van der Waals surface area (Å²) in [6, 6.07) is 11.4. The second-order valence-corrected chi connectivity index (χ2v) is 4.87. The van der Waals surface area contributed by atoms with Crippen LogP contribution in [-0.4, -0.2) is 25.7 Å². The lowest BCUT2D eigenvalue weighted by Crippen LogP contribution is -2.40. The van der Waals surface area contributed by atoms with E-state index < -0.39 is 0 Å². The van der Waals surface area contributed by atoms with Gasteiger partial charge in [0.25, 0.3) is 0 Å². The third kappa shape index (κ3) is 3.74. The van der Waals surface area contributed by atoms with Gasteiger partial charge in [0.05, 0.1) is 0 Å². The summed E-state index contributed by atoms with van der Waals surface area (Å²) in [6.45, 7) is 5.66. The van der Waals surface area contributed by atoms with E-state index >= 15 is 0 Å². The Morgan fingerprint density at radius 1 is 1.18 bits per heavy atom. The first-order valence-electron chi connectivity index (χ1n) is 6.93. The van der Waals surface area contributed by atoms with Crippen molar-refractivity contribution in [3.05, 3.63) is 30.3 Å². The highest BCUT2D eigenvalue weighted by atomic mass is 15.1. The molecule has 17 heavy (non-hydrogen) atoms. The van der Waals surface area contributed by atoms with E-state index in [0.717, 1.165) is 13.1 Å². The van der Waals surface area contributed by atoms with Crippen LogP contribution >= 0.6 is 0 Å². The molecule has 0 aliphatic carbocycles. The molecular formula is C15H24N2. The molecule has 1 N–H and O–H groups in total. The maximum absolute atomic E-state index is 3.67. The Morgan fingerprint density at radius 3 is 2.76 bits per heavy atom. The molecule has 1 aromatic carbocycles. The van der Waals surface area contributed by atoms with E-state index in [0.29, 0.717) is 6.04 Å². The first-order valence-corrected chi connectivity index (χ1v) is 6.93. The Bertz CT molecular complexity index is 302. The van der Waals surface area contributed by atoms with E-state index in [2.05, 4.69) is 47.5 Å². The lowest BCUT2D eigenvalue weighted by atomic mass is 10.1. The van der Waals surface area contributed by atoms with Gasteiger partial charge in [0.15, 0.2) is 0 Å². The zero-order valence-electron chi connectivity index (χ0n) is 10.9. The highest BCUT2D eigenvalue weighted by Gasteiger charge is 2.14. The van der Waals surface area contributed by atoms with Crippen molar-refractivity contribution in [2.24, 2.45) is 0 Å². The Kier molecular flexibility index (Phi) is 4.87. The largest absolute Gasteiger partial charge is 0.370 e. The van der Waals surface area contributed by atoms with Gasteiger partial charge in [-0.15, -0.1) is 0 Å². The summed E-state index contributed by atoms with van der Waals surface area (Å²) >= 11 is 0. The second kappa shape index (κ2) is 6.65. The van der Waals surface area contributed by atoms with Gasteiger partial charge < -0.3 is 10.2 Å². The monoisotopic (exact) mass is 232 g/mol. The van der Waals surface area contributed by atoms with Gasteiger partial charge in [0.2, 0.25) is 0 Å². The van der Waals surface area contributed by atoms with E-state index in [1.165, 1.54) is 37.9 Å². The maximum atomic E-state index is 3.67. The van der Waals surface area contributed by atoms with Crippen LogP contribution in [-0.2, 0) is 0 Å². The van der Waals surface area contributed by atoms with E-state index in [1.54, 1.807) is 0 Å². The number of nitrogens with zero attached hydrogens (tertiary/aromatic N) is 1. The van der Waals surface area contributed by atoms with Crippen molar-refractivity contribution >= 4 is 5.69 Å². The predicted molar refractivity (Wildman–Crippen MR) is 74.6 cm³/mol. The number of rotatable bonds is 4. The summed E-state index contributed by atoms with van der Waals surface area (Å²) in [5, 5.41) is 3.67. The molecule has 1 aromatic rings. The molecule has 2 nitrogen and oxygen atoms in total. The van der Waals surface area contributed by atoms with Gasteiger partial charge in [-0.1, -0.05) is 31.0 Å². The molecule has 0 bridgehead atoms. The quantitative estimate of drug-likeness (QED) is 0.858. The summed E-state index contributed by atoms with van der Waals surface area (Å²) in [5.41, 5.74) is 1.35. The third-order valence-electron chi connectivity index (χ3n) is 3.61. The number of likely N-dealkylation sites (N-methyl/N-ethyl adjacent to an activating group) is 1. The molecule has 0 spiro atoms. The minimum Gasteiger partial charge on any atom is -0.370 e. The molecule has 1 fully saturated rings. The van der Waals surface area contributed by atoms with E-state index in [-0.39, 0.29) is 0 Å². The van der Waals surface area contributed by atoms with Gasteiger partial charge in [-0.3, -0.25) is 0 Å². The molecule has 2 heteroatoms. The Balaban J connectivity index is 1.94. The second-order valence-electron chi connectivity index (χ2n) is 4.87.